The van der Waals surface area contributed by atoms with Crippen LogP contribution in [0.3, 0.4) is 0 Å². The standard InChI is InChI=1S/C19H27NS/c1-8-20-18(19-11(2)9-10-21-19)17-15(6)13(4)12(3)14(5)16(17)7/h9-10,18,20H,8H2,1-7H3. The third kappa shape index (κ3) is 2.79. The molecule has 0 saturated heterocycles. The van der Waals surface area contributed by atoms with E-state index in [2.05, 4.69) is 65.2 Å². The molecule has 0 spiro atoms. The first-order chi connectivity index (χ1) is 9.90. The van der Waals surface area contributed by atoms with Gasteiger partial charge in [-0.25, -0.2) is 0 Å². The van der Waals surface area contributed by atoms with Gasteiger partial charge in [0.25, 0.3) is 0 Å². The lowest BCUT2D eigenvalue weighted by Crippen LogP contribution is -2.24. The highest BCUT2D eigenvalue weighted by Gasteiger charge is 2.23. The maximum Gasteiger partial charge on any atom is 0.0678 e. The van der Waals surface area contributed by atoms with Crippen molar-refractivity contribution in [3.63, 3.8) is 0 Å². The molecular formula is C19H27NS. The van der Waals surface area contributed by atoms with Gasteiger partial charge in [0.2, 0.25) is 0 Å². The number of hydrogen-bond acceptors (Lipinski definition) is 2. The smallest absolute Gasteiger partial charge is 0.0678 e. The van der Waals surface area contributed by atoms with Gasteiger partial charge >= 0.3 is 0 Å². The molecule has 1 unspecified atom stereocenters. The van der Waals surface area contributed by atoms with Gasteiger partial charge in [-0.1, -0.05) is 6.92 Å². The molecule has 0 radical (unpaired) electrons. The molecule has 0 aliphatic carbocycles. The Labute approximate surface area is 133 Å². The highest BCUT2D eigenvalue weighted by molar-refractivity contribution is 7.10. The minimum Gasteiger partial charge on any atom is -0.306 e. The number of hydrogen-bond donors (Lipinski definition) is 1. The van der Waals surface area contributed by atoms with Gasteiger partial charge in [0.15, 0.2) is 0 Å². The van der Waals surface area contributed by atoms with E-state index in [0.717, 1.165) is 6.54 Å². The number of benzene rings is 1. The van der Waals surface area contributed by atoms with E-state index in [-0.39, 0.29) is 0 Å². The van der Waals surface area contributed by atoms with Gasteiger partial charge < -0.3 is 5.32 Å². The second-order valence-corrected chi connectivity index (χ2v) is 6.94. The van der Waals surface area contributed by atoms with Crippen LogP contribution in [0, 0.1) is 41.5 Å². The second-order valence-electron chi connectivity index (χ2n) is 6.00. The fraction of sp³-hybridized carbons (Fsp3) is 0.474. The van der Waals surface area contributed by atoms with Crippen LogP contribution in [-0.2, 0) is 0 Å². The monoisotopic (exact) mass is 301 g/mol. The van der Waals surface area contributed by atoms with Crippen LogP contribution in [0.15, 0.2) is 11.4 Å². The normalized spacial score (nSPS) is 12.7. The number of rotatable bonds is 4. The van der Waals surface area contributed by atoms with Crippen LogP contribution in [0.25, 0.3) is 0 Å². The largest absolute Gasteiger partial charge is 0.306 e. The first-order valence-corrected chi connectivity index (χ1v) is 8.62. The minimum atomic E-state index is 0.313. The molecule has 1 nitrogen and oxygen atoms in total. The van der Waals surface area contributed by atoms with Crippen LogP contribution in [0.5, 0.6) is 0 Å². The number of aryl methyl sites for hydroxylation is 1. The van der Waals surface area contributed by atoms with Crippen LogP contribution >= 0.6 is 11.3 Å². The van der Waals surface area contributed by atoms with E-state index in [1.165, 1.54) is 43.8 Å². The Hall–Kier alpha value is -1.12. The Morgan fingerprint density at radius 2 is 1.43 bits per heavy atom. The van der Waals surface area contributed by atoms with Crippen LogP contribution in [0.2, 0.25) is 0 Å². The van der Waals surface area contributed by atoms with Crippen molar-refractivity contribution in [2.75, 3.05) is 6.54 Å². The summed E-state index contributed by atoms with van der Waals surface area (Å²) >= 11 is 1.86. The van der Waals surface area contributed by atoms with E-state index in [1.807, 2.05) is 11.3 Å². The first kappa shape index (κ1) is 16.3. The highest BCUT2D eigenvalue weighted by atomic mass is 32.1. The van der Waals surface area contributed by atoms with E-state index in [9.17, 15) is 0 Å². The molecule has 1 heterocycles. The molecule has 2 rings (SSSR count). The summed E-state index contributed by atoms with van der Waals surface area (Å²) in [4.78, 5) is 1.45. The van der Waals surface area contributed by atoms with E-state index in [0.29, 0.717) is 6.04 Å². The fourth-order valence-corrected chi connectivity index (χ4v) is 4.18. The zero-order chi connectivity index (χ0) is 15.7. The van der Waals surface area contributed by atoms with Crippen molar-refractivity contribution in [2.45, 2.75) is 54.5 Å². The summed E-state index contributed by atoms with van der Waals surface area (Å²) in [5.74, 6) is 0. The Kier molecular flexibility index (Phi) is 4.90. The summed E-state index contributed by atoms with van der Waals surface area (Å²) in [5.41, 5.74) is 10.1. The Morgan fingerprint density at radius 1 is 0.905 bits per heavy atom. The molecule has 0 aliphatic heterocycles. The summed E-state index contributed by atoms with van der Waals surface area (Å²) in [7, 11) is 0. The average molecular weight is 301 g/mol. The molecule has 1 atom stereocenters. The Morgan fingerprint density at radius 3 is 1.86 bits per heavy atom. The lowest BCUT2D eigenvalue weighted by molar-refractivity contribution is 0.629. The fourth-order valence-electron chi connectivity index (χ4n) is 3.17. The van der Waals surface area contributed by atoms with Crippen molar-refractivity contribution in [3.05, 3.63) is 55.3 Å². The summed E-state index contributed by atoms with van der Waals surface area (Å²) in [5, 5.41) is 5.91. The third-order valence-electron chi connectivity index (χ3n) is 4.92. The highest BCUT2D eigenvalue weighted by Crippen LogP contribution is 2.36. The maximum absolute atomic E-state index is 3.71. The Balaban J connectivity index is 2.70. The topological polar surface area (TPSA) is 12.0 Å². The van der Waals surface area contributed by atoms with Crippen LogP contribution in [0.1, 0.15) is 56.8 Å². The van der Waals surface area contributed by atoms with Crippen molar-refractivity contribution in [1.29, 1.82) is 0 Å². The summed E-state index contributed by atoms with van der Waals surface area (Å²) in [6, 6.07) is 2.54. The first-order valence-electron chi connectivity index (χ1n) is 7.74. The molecule has 1 aromatic carbocycles. The maximum atomic E-state index is 3.71. The molecule has 21 heavy (non-hydrogen) atoms. The molecule has 114 valence electrons. The summed E-state index contributed by atoms with van der Waals surface area (Å²) in [6.45, 7) is 16.7. The molecule has 2 heteroatoms. The minimum absolute atomic E-state index is 0.313. The van der Waals surface area contributed by atoms with Crippen molar-refractivity contribution in [1.82, 2.24) is 5.32 Å². The van der Waals surface area contributed by atoms with Gasteiger partial charge in [-0.05, 0) is 98.5 Å². The van der Waals surface area contributed by atoms with E-state index in [4.69, 9.17) is 0 Å². The van der Waals surface area contributed by atoms with Crippen molar-refractivity contribution >= 4 is 11.3 Å². The quantitative estimate of drug-likeness (QED) is 0.808. The molecular weight excluding hydrogens is 274 g/mol. The van der Waals surface area contributed by atoms with Crippen LogP contribution in [0.4, 0.5) is 0 Å². The van der Waals surface area contributed by atoms with Gasteiger partial charge in [-0.15, -0.1) is 11.3 Å². The van der Waals surface area contributed by atoms with Crippen molar-refractivity contribution in [2.24, 2.45) is 0 Å². The predicted octanol–water partition coefficient (Wildman–Crippen LogP) is 5.30. The lowest BCUT2D eigenvalue weighted by Gasteiger charge is -2.26. The van der Waals surface area contributed by atoms with Crippen molar-refractivity contribution in [3.8, 4) is 0 Å². The summed E-state index contributed by atoms with van der Waals surface area (Å²) in [6.07, 6.45) is 0. The van der Waals surface area contributed by atoms with Crippen LogP contribution in [-0.4, -0.2) is 6.54 Å². The molecule has 0 fully saturated rings. The molecule has 0 bridgehead atoms. The number of thiophene rings is 1. The third-order valence-corrected chi connectivity index (χ3v) is 6.00. The lowest BCUT2D eigenvalue weighted by atomic mass is 9.85. The van der Waals surface area contributed by atoms with Gasteiger partial charge in [0.05, 0.1) is 6.04 Å². The van der Waals surface area contributed by atoms with Crippen LogP contribution < -0.4 is 5.32 Å². The van der Waals surface area contributed by atoms with E-state index < -0.39 is 0 Å². The number of nitrogens with one attached hydrogen (secondary N) is 1. The molecule has 1 N–H and O–H groups in total. The van der Waals surface area contributed by atoms with Gasteiger partial charge in [0, 0.05) is 4.88 Å². The molecule has 2 aromatic rings. The molecule has 0 aliphatic rings. The zero-order valence-electron chi connectivity index (χ0n) is 14.3. The zero-order valence-corrected chi connectivity index (χ0v) is 15.2. The van der Waals surface area contributed by atoms with E-state index >= 15 is 0 Å². The Bertz CT molecular complexity index is 623. The molecule has 0 saturated carbocycles. The van der Waals surface area contributed by atoms with Gasteiger partial charge in [-0.2, -0.15) is 0 Å². The van der Waals surface area contributed by atoms with Gasteiger partial charge in [-0.3, -0.25) is 0 Å². The van der Waals surface area contributed by atoms with E-state index in [1.54, 1.807) is 0 Å². The van der Waals surface area contributed by atoms with Crippen molar-refractivity contribution < 1.29 is 0 Å². The summed E-state index contributed by atoms with van der Waals surface area (Å²) < 4.78 is 0. The van der Waals surface area contributed by atoms with Gasteiger partial charge in [0.1, 0.15) is 0 Å². The second kappa shape index (κ2) is 6.33. The SMILES string of the molecule is CCNC(c1sccc1C)c1c(C)c(C)c(C)c(C)c1C. The average Bonchev–Trinajstić information content (AvgIpc) is 2.88. The molecule has 1 aromatic heterocycles. The molecule has 0 amide bonds. The predicted molar refractivity (Wildman–Crippen MR) is 94.7 cm³/mol.